The molecule has 1 aliphatic heterocycles. The van der Waals surface area contributed by atoms with E-state index in [0.29, 0.717) is 19.1 Å². The van der Waals surface area contributed by atoms with Crippen LogP contribution in [0.25, 0.3) is 0 Å². The molecule has 2 heterocycles. The molecule has 1 saturated heterocycles. The number of amides is 1. The highest BCUT2D eigenvalue weighted by Crippen LogP contribution is 2.13. The van der Waals surface area contributed by atoms with Crippen molar-refractivity contribution in [3.8, 4) is 0 Å². The quantitative estimate of drug-likeness (QED) is 0.305. The number of nitrogens with zero attached hydrogens (tertiary/aromatic N) is 4. The van der Waals surface area contributed by atoms with Gasteiger partial charge in [0.25, 0.3) is 0 Å². The van der Waals surface area contributed by atoms with Crippen molar-refractivity contribution >= 4 is 41.8 Å². The van der Waals surface area contributed by atoms with Crippen LogP contribution in [0.2, 0.25) is 0 Å². The van der Waals surface area contributed by atoms with Crippen LogP contribution >= 0.6 is 24.0 Å². The summed E-state index contributed by atoms with van der Waals surface area (Å²) in [6.07, 6.45) is 2.32. The molecule has 0 saturated carbocycles. The molecule has 0 bridgehead atoms. The summed E-state index contributed by atoms with van der Waals surface area (Å²) in [7, 11) is 0. The van der Waals surface area contributed by atoms with Gasteiger partial charge in [0.1, 0.15) is 5.82 Å². The van der Waals surface area contributed by atoms with Gasteiger partial charge in [0.15, 0.2) is 5.96 Å². The van der Waals surface area contributed by atoms with Crippen LogP contribution in [0.1, 0.15) is 34.1 Å². The van der Waals surface area contributed by atoms with E-state index in [-0.39, 0.29) is 36.1 Å². The highest BCUT2D eigenvalue weighted by Gasteiger charge is 2.21. The number of piperazine rings is 1. The van der Waals surface area contributed by atoms with Gasteiger partial charge in [0.05, 0.1) is 19.2 Å². The summed E-state index contributed by atoms with van der Waals surface area (Å²) >= 11 is 0. The first-order valence-electron chi connectivity index (χ1n) is 10.7. The molecule has 1 unspecified atom stereocenters. The molecule has 2 N–H and O–H groups in total. The number of ether oxygens (including phenoxy) is 1. The zero-order valence-corrected chi connectivity index (χ0v) is 21.0. The van der Waals surface area contributed by atoms with Crippen LogP contribution in [0.15, 0.2) is 29.4 Å². The van der Waals surface area contributed by atoms with E-state index in [9.17, 15) is 4.79 Å². The third-order valence-corrected chi connectivity index (χ3v) is 4.70. The summed E-state index contributed by atoms with van der Waals surface area (Å²) in [5.74, 6) is 2.37. The van der Waals surface area contributed by atoms with Crippen molar-refractivity contribution in [3.05, 3.63) is 24.4 Å². The Balaban J connectivity index is 0.00000450. The number of nitrogens with one attached hydrogen (secondary N) is 2. The second kappa shape index (κ2) is 14.3. The van der Waals surface area contributed by atoms with Crippen LogP contribution in [0, 0.1) is 5.92 Å². The van der Waals surface area contributed by atoms with Gasteiger partial charge in [-0.05, 0) is 38.3 Å². The van der Waals surface area contributed by atoms with Crippen LogP contribution in [0.4, 0.5) is 10.6 Å². The summed E-state index contributed by atoms with van der Waals surface area (Å²) in [4.78, 5) is 25.7. The Hall–Kier alpha value is -1.78. The molecule has 1 aromatic heterocycles. The van der Waals surface area contributed by atoms with Gasteiger partial charge in [-0.15, -0.1) is 24.0 Å². The summed E-state index contributed by atoms with van der Waals surface area (Å²) in [6.45, 7) is 13.4. The number of hydrogen-bond acceptors (Lipinski definition) is 5. The molecule has 0 radical (unpaired) electrons. The lowest BCUT2D eigenvalue weighted by Crippen LogP contribution is -2.53. The number of rotatable bonds is 8. The molecule has 9 heteroatoms. The maximum Gasteiger partial charge on any atom is 0.407 e. The van der Waals surface area contributed by atoms with Crippen LogP contribution in [0.5, 0.6) is 0 Å². The van der Waals surface area contributed by atoms with Crippen LogP contribution in [-0.4, -0.2) is 73.9 Å². The molecule has 1 fully saturated rings. The highest BCUT2D eigenvalue weighted by molar-refractivity contribution is 14.0. The molecule has 30 heavy (non-hydrogen) atoms. The lowest BCUT2D eigenvalue weighted by atomic mass is 10.0. The molecule has 2 rings (SSSR count). The molecule has 0 aromatic carbocycles. The molecular weight excluding hydrogens is 495 g/mol. The summed E-state index contributed by atoms with van der Waals surface area (Å²) < 4.78 is 5.04. The van der Waals surface area contributed by atoms with Crippen LogP contribution in [0.3, 0.4) is 0 Å². The smallest absolute Gasteiger partial charge is 0.407 e. The summed E-state index contributed by atoms with van der Waals surface area (Å²) in [5, 5.41) is 6.34. The molecule has 170 valence electrons. The number of aliphatic imine (C=N–C) groups is 1. The lowest BCUT2D eigenvalue weighted by Gasteiger charge is -2.37. The van der Waals surface area contributed by atoms with Gasteiger partial charge in [-0.3, -0.25) is 4.99 Å². The number of carbonyl (C=O) groups excluding carboxylic acids is 1. The summed E-state index contributed by atoms with van der Waals surface area (Å²) in [6, 6.07) is 5.96. The third-order valence-electron chi connectivity index (χ3n) is 4.70. The monoisotopic (exact) mass is 532 g/mol. The van der Waals surface area contributed by atoms with E-state index >= 15 is 0 Å². The molecule has 1 atom stereocenters. The Labute approximate surface area is 197 Å². The fourth-order valence-electron chi connectivity index (χ4n) is 3.40. The fourth-order valence-corrected chi connectivity index (χ4v) is 3.40. The van der Waals surface area contributed by atoms with Crippen LogP contribution < -0.4 is 15.5 Å². The largest absolute Gasteiger partial charge is 0.450 e. The maximum absolute atomic E-state index is 11.9. The Morgan fingerprint density at radius 1 is 1.23 bits per heavy atom. The van der Waals surface area contributed by atoms with Crippen molar-refractivity contribution in [2.75, 3.05) is 50.8 Å². The Kier molecular flexibility index (Phi) is 12.5. The number of anilines is 1. The van der Waals surface area contributed by atoms with Gasteiger partial charge >= 0.3 is 6.09 Å². The zero-order valence-electron chi connectivity index (χ0n) is 18.6. The van der Waals surface area contributed by atoms with E-state index < -0.39 is 0 Å². The average molecular weight is 532 g/mol. The van der Waals surface area contributed by atoms with Crippen molar-refractivity contribution in [1.29, 1.82) is 0 Å². The van der Waals surface area contributed by atoms with Gasteiger partial charge in [-0.1, -0.05) is 19.9 Å². The molecular formula is C21H37IN6O2. The molecule has 1 amide bonds. The van der Waals surface area contributed by atoms with E-state index in [1.807, 2.05) is 31.3 Å². The standard InChI is InChI=1S/C21H36N6O2.HI/c1-5-22-20(24-16-18(15-17(3)4)25-21(28)29-6-2)27-13-11-26(12-14-27)19-9-7-8-10-23-19;/h7-10,17-18H,5-6,11-16H2,1-4H3,(H,22,24)(H,25,28);1H. The first-order chi connectivity index (χ1) is 14.0. The topological polar surface area (TPSA) is 82.1 Å². The second-order valence-electron chi connectivity index (χ2n) is 7.55. The molecule has 0 aliphatic carbocycles. The lowest BCUT2D eigenvalue weighted by molar-refractivity contribution is 0.147. The minimum Gasteiger partial charge on any atom is -0.450 e. The van der Waals surface area contributed by atoms with Gasteiger partial charge in [0, 0.05) is 38.9 Å². The predicted octanol–water partition coefficient (Wildman–Crippen LogP) is 2.95. The van der Waals surface area contributed by atoms with E-state index in [2.05, 4.69) is 46.2 Å². The number of pyridine rings is 1. The molecule has 1 aliphatic rings. The second-order valence-corrected chi connectivity index (χ2v) is 7.55. The van der Waals surface area contributed by atoms with Crippen molar-refractivity contribution in [3.63, 3.8) is 0 Å². The number of hydrogen-bond donors (Lipinski definition) is 2. The fraction of sp³-hybridized carbons (Fsp3) is 0.667. The van der Waals surface area contributed by atoms with E-state index in [0.717, 1.165) is 50.9 Å². The van der Waals surface area contributed by atoms with E-state index in [1.165, 1.54) is 0 Å². The zero-order chi connectivity index (χ0) is 21.1. The minimum absolute atomic E-state index is 0. The Morgan fingerprint density at radius 2 is 1.97 bits per heavy atom. The average Bonchev–Trinajstić information content (AvgIpc) is 2.71. The van der Waals surface area contributed by atoms with Gasteiger partial charge < -0.3 is 25.2 Å². The predicted molar refractivity (Wildman–Crippen MR) is 133 cm³/mol. The minimum atomic E-state index is -0.373. The number of aromatic nitrogens is 1. The van der Waals surface area contributed by atoms with Gasteiger partial charge in [0.2, 0.25) is 0 Å². The van der Waals surface area contributed by atoms with E-state index in [4.69, 9.17) is 9.73 Å². The van der Waals surface area contributed by atoms with Gasteiger partial charge in [-0.2, -0.15) is 0 Å². The van der Waals surface area contributed by atoms with Crippen molar-refractivity contribution in [2.24, 2.45) is 10.9 Å². The van der Waals surface area contributed by atoms with Gasteiger partial charge in [-0.25, -0.2) is 9.78 Å². The first kappa shape index (κ1) is 26.3. The SMILES string of the molecule is CCNC(=NCC(CC(C)C)NC(=O)OCC)N1CCN(c2ccccn2)CC1.I. The maximum atomic E-state index is 11.9. The number of carbonyl (C=O) groups is 1. The first-order valence-corrected chi connectivity index (χ1v) is 10.7. The summed E-state index contributed by atoms with van der Waals surface area (Å²) in [5.41, 5.74) is 0. The number of alkyl carbamates (subject to hydrolysis) is 1. The normalized spacial score (nSPS) is 15.4. The third kappa shape index (κ3) is 8.93. The molecule has 1 aromatic rings. The number of halogens is 1. The molecule has 8 nitrogen and oxygen atoms in total. The Bertz CT molecular complexity index is 636. The van der Waals surface area contributed by atoms with Crippen molar-refractivity contribution < 1.29 is 9.53 Å². The van der Waals surface area contributed by atoms with Crippen molar-refractivity contribution in [2.45, 2.75) is 40.2 Å². The highest BCUT2D eigenvalue weighted by atomic mass is 127. The van der Waals surface area contributed by atoms with E-state index in [1.54, 1.807) is 0 Å². The number of guanidine groups is 1. The van der Waals surface area contributed by atoms with Crippen LogP contribution in [-0.2, 0) is 4.74 Å². The van der Waals surface area contributed by atoms with Crippen molar-refractivity contribution in [1.82, 2.24) is 20.5 Å². The molecule has 0 spiro atoms. The Morgan fingerprint density at radius 3 is 2.53 bits per heavy atom.